The van der Waals surface area contributed by atoms with Crippen molar-refractivity contribution < 1.29 is 43.7 Å². The van der Waals surface area contributed by atoms with Crippen LogP contribution in [0, 0.1) is 5.92 Å². The van der Waals surface area contributed by atoms with Gasteiger partial charge in [-0.3, -0.25) is 24.0 Å². The molecule has 0 aromatic heterocycles. The van der Waals surface area contributed by atoms with Gasteiger partial charge in [0, 0.05) is 6.42 Å². The number of amides is 4. The first-order chi connectivity index (χ1) is 16.4. The number of nitrogens with one attached hydrogen (secondary N) is 3. The third-order valence-electron chi connectivity index (χ3n) is 4.75. The van der Waals surface area contributed by atoms with Gasteiger partial charge >= 0.3 is 18.0 Å². The predicted octanol–water partition coefficient (Wildman–Crippen LogP) is -0.268. The molecule has 0 saturated heterocycles. The number of carbonyl (C=O) groups is 6. The topological polar surface area (TPSA) is 214 Å². The van der Waals surface area contributed by atoms with Gasteiger partial charge in [-0.2, -0.15) is 0 Å². The van der Waals surface area contributed by atoms with Gasteiger partial charge < -0.3 is 36.6 Å². The SMILES string of the molecule is CC(C)C(NC(=O)C(CCC(=O)O)NC(=O)C(CC(=O)O)NC(=O)OCc1ccccc1)C(N)=O. The molecule has 0 fully saturated rings. The Hall–Kier alpha value is -4.16. The van der Waals surface area contributed by atoms with Crippen LogP contribution in [0.2, 0.25) is 0 Å². The highest BCUT2D eigenvalue weighted by molar-refractivity contribution is 5.95. The molecule has 0 aliphatic carbocycles. The Labute approximate surface area is 201 Å². The van der Waals surface area contributed by atoms with Crippen LogP contribution in [-0.2, 0) is 35.3 Å². The number of primary amides is 1. The molecule has 7 N–H and O–H groups in total. The Bertz CT molecular complexity index is 921. The summed E-state index contributed by atoms with van der Waals surface area (Å²) < 4.78 is 5.00. The average Bonchev–Trinajstić information content (AvgIpc) is 2.77. The fourth-order valence-corrected chi connectivity index (χ4v) is 2.92. The van der Waals surface area contributed by atoms with Gasteiger partial charge in [-0.25, -0.2) is 4.79 Å². The third kappa shape index (κ3) is 11.0. The van der Waals surface area contributed by atoms with Gasteiger partial charge in [0.25, 0.3) is 0 Å². The van der Waals surface area contributed by atoms with Crippen molar-refractivity contribution in [2.45, 2.75) is 57.8 Å². The fraction of sp³-hybridized carbons (Fsp3) is 0.455. The molecular weight excluding hydrogens is 464 g/mol. The molecule has 0 aliphatic rings. The van der Waals surface area contributed by atoms with Crippen LogP contribution in [0.5, 0.6) is 0 Å². The van der Waals surface area contributed by atoms with E-state index < -0.39 is 72.6 Å². The van der Waals surface area contributed by atoms with Gasteiger partial charge in [-0.1, -0.05) is 44.2 Å². The molecule has 3 atom stereocenters. The molecule has 35 heavy (non-hydrogen) atoms. The number of ether oxygens (including phenoxy) is 1. The van der Waals surface area contributed by atoms with Crippen LogP contribution < -0.4 is 21.7 Å². The molecular formula is C22H30N4O9. The second kappa shape index (κ2) is 14.2. The summed E-state index contributed by atoms with van der Waals surface area (Å²) in [6.07, 6.45) is -2.79. The van der Waals surface area contributed by atoms with Gasteiger partial charge in [0.05, 0.1) is 6.42 Å². The number of alkyl carbamates (subject to hydrolysis) is 1. The number of rotatable bonds is 14. The van der Waals surface area contributed by atoms with E-state index in [1.165, 1.54) is 0 Å². The summed E-state index contributed by atoms with van der Waals surface area (Å²) in [6.45, 7) is 3.10. The molecule has 0 radical (unpaired) electrons. The van der Waals surface area contributed by atoms with E-state index in [1.807, 2.05) is 0 Å². The molecule has 0 bridgehead atoms. The van der Waals surface area contributed by atoms with Crippen LogP contribution in [0.4, 0.5) is 4.79 Å². The maximum atomic E-state index is 12.7. The molecule has 3 unspecified atom stereocenters. The van der Waals surface area contributed by atoms with Crippen molar-refractivity contribution in [3.8, 4) is 0 Å². The lowest BCUT2D eigenvalue weighted by atomic mass is 10.0. The number of carboxylic acids is 2. The van der Waals surface area contributed by atoms with Crippen molar-refractivity contribution in [2.24, 2.45) is 11.7 Å². The van der Waals surface area contributed by atoms with Crippen LogP contribution in [0.25, 0.3) is 0 Å². The Morgan fingerprint density at radius 3 is 2.00 bits per heavy atom. The van der Waals surface area contributed by atoms with Crippen LogP contribution >= 0.6 is 0 Å². The van der Waals surface area contributed by atoms with Crippen LogP contribution in [-0.4, -0.2) is 64.1 Å². The number of hydrogen-bond acceptors (Lipinski definition) is 7. The third-order valence-corrected chi connectivity index (χ3v) is 4.75. The molecule has 13 heteroatoms. The van der Waals surface area contributed by atoms with E-state index in [2.05, 4.69) is 16.0 Å². The highest BCUT2D eigenvalue weighted by Gasteiger charge is 2.31. The number of nitrogens with two attached hydrogens (primary N) is 1. The van der Waals surface area contributed by atoms with Crippen molar-refractivity contribution in [1.82, 2.24) is 16.0 Å². The average molecular weight is 495 g/mol. The molecule has 4 amide bonds. The maximum Gasteiger partial charge on any atom is 0.408 e. The first kappa shape index (κ1) is 28.9. The standard InChI is InChI=1S/C22H30N4O9/c1-12(2)18(19(23)31)26-20(32)14(8-9-16(27)28)24-21(33)15(10-17(29)30)25-22(34)35-11-13-6-4-3-5-7-13/h3-7,12,14-15,18H,8-11H2,1-2H3,(H2,23,31)(H,24,33)(H,25,34)(H,26,32)(H,27,28)(H,29,30). The van der Waals surface area contributed by atoms with E-state index in [1.54, 1.807) is 44.2 Å². The normalized spacial score (nSPS) is 13.1. The number of carboxylic acid groups (broad SMARTS) is 2. The van der Waals surface area contributed by atoms with Crippen molar-refractivity contribution in [3.05, 3.63) is 35.9 Å². The zero-order valence-electron chi connectivity index (χ0n) is 19.4. The molecule has 0 heterocycles. The highest BCUT2D eigenvalue weighted by Crippen LogP contribution is 2.06. The van der Waals surface area contributed by atoms with E-state index in [9.17, 15) is 28.8 Å². The fourth-order valence-electron chi connectivity index (χ4n) is 2.92. The zero-order chi connectivity index (χ0) is 26.5. The second-order valence-electron chi connectivity index (χ2n) is 7.98. The Kier molecular flexibility index (Phi) is 11.7. The number of carbonyl (C=O) groups excluding carboxylic acids is 4. The minimum atomic E-state index is -1.63. The summed E-state index contributed by atoms with van der Waals surface area (Å²) in [7, 11) is 0. The van der Waals surface area contributed by atoms with Gasteiger partial charge in [0.15, 0.2) is 0 Å². The van der Waals surface area contributed by atoms with E-state index in [0.29, 0.717) is 5.56 Å². The van der Waals surface area contributed by atoms with E-state index in [0.717, 1.165) is 0 Å². The maximum absolute atomic E-state index is 12.7. The van der Waals surface area contributed by atoms with E-state index >= 15 is 0 Å². The highest BCUT2D eigenvalue weighted by atomic mass is 16.5. The summed E-state index contributed by atoms with van der Waals surface area (Å²) in [5, 5.41) is 24.8. The van der Waals surface area contributed by atoms with Crippen LogP contribution in [0.3, 0.4) is 0 Å². The molecule has 0 aliphatic heterocycles. The minimum absolute atomic E-state index is 0.137. The number of aliphatic carboxylic acids is 2. The van der Waals surface area contributed by atoms with Crippen LogP contribution in [0.1, 0.15) is 38.7 Å². The molecule has 1 aromatic rings. The van der Waals surface area contributed by atoms with E-state index in [-0.39, 0.29) is 13.0 Å². The largest absolute Gasteiger partial charge is 0.481 e. The van der Waals surface area contributed by atoms with Gasteiger partial charge in [-0.15, -0.1) is 0 Å². The number of hydrogen-bond donors (Lipinski definition) is 6. The monoisotopic (exact) mass is 494 g/mol. The minimum Gasteiger partial charge on any atom is -0.481 e. The van der Waals surface area contributed by atoms with Crippen molar-refractivity contribution in [1.29, 1.82) is 0 Å². The Balaban J connectivity index is 2.92. The van der Waals surface area contributed by atoms with Gasteiger partial charge in [0.2, 0.25) is 17.7 Å². The first-order valence-electron chi connectivity index (χ1n) is 10.7. The summed E-state index contributed by atoms with van der Waals surface area (Å²) >= 11 is 0. The summed E-state index contributed by atoms with van der Waals surface area (Å²) in [5.74, 6) is -5.85. The molecule has 0 spiro atoms. The lowest BCUT2D eigenvalue weighted by molar-refractivity contribution is -0.140. The molecule has 0 saturated carbocycles. The van der Waals surface area contributed by atoms with Crippen molar-refractivity contribution in [3.63, 3.8) is 0 Å². The smallest absolute Gasteiger partial charge is 0.408 e. The summed E-state index contributed by atoms with van der Waals surface area (Å²) in [5.41, 5.74) is 5.93. The number of benzene rings is 1. The van der Waals surface area contributed by atoms with Gasteiger partial charge in [0.1, 0.15) is 24.7 Å². The summed E-state index contributed by atoms with van der Waals surface area (Å²) in [6, 6.07) is 4.43. The summed E-state index contributed by atoms with van der Waals surface area (Å²) in [4.78, 5) is 71.4. The molecule has 192 valence electrons. The quantitative estimate of drug-likeness (QED) is 0.200. The molecule has 1 rings (SSSR count). The van der Waals surface area contributed by atoms with Gasteiger partial charge in [-0.05, 0) is 17.9 Å². The predicted molar refractivity (Wildman–Crippen MR) is 121 cm³/mol. The second-order valence-corrected chi connectivity index (χ2v) is 7.98. The van der Waals surface area contributed by atoms with E-state index in [4.69, 9.17) is 20.7 Å². The lowest BCUT2D eigenvalue weighted by Gasteiger charge is -2.25. The van der Waals surface area contributed by atoms with Crippen molar-refractivity contribution in [2.75, 3.05) is 0 Å². The van der Waals surface area contributed by atoms with Crippen molar-refractivity contribution >= 4 is 35.8 Å². The molecule has 1 aromatic carbocycles. The van der Waals surface area contributed by atoms with Crippen LogP contribution in [0.15, 0.2) is 30.3 Å². The Morgan fingerprint density at radius 1 is 0.886 bits per heavy atom. The zero-order valence-corrected chi connectivity index (χ0v) is 19.4. The Morgan fingerprint density at radius 2 is 1.49 bits per heavy atom. The first-order valence-corrected chi connectivity index (χ1v) is 10.7. The molecule has 13 nitrogen and oxygen atoms in total. The lowest BCUT2D eigenvalue weighted by Crippen LogP contribution is -2.57.